The van der Waals surface area contributed by atoms with Crippen LogP contribution in [0.3, 0.4) is 0 Å². The Morgan fingerprint density at radius 2 is 2.06 bits per heavy atom. The maximum atomic E-state index is 10.6. The van der Waals surface area contributed by atoms with Gasteiger partial charge >= 0.3 is 0 Å². The molecule has 88 valence electrons. The average molecular weight is 285 g/mol. The van der Waals surface area contributed by atoms with Crippen molar-refractivity contribution in [2.45, 2.75) is 30.7 Å². The van der Waals surface area contributed by atoms with Crippen LogP contribution in [0, 0.1) is 6.92 Å². The summed E-state index contributed by atoms with van der Waals surface area (Å²) in [6, 6.07) is 6.28. The molecule has 0 saturated carbocycles. The Labute approximate surface area is 105 Å². The van der Waals surface area contributed by atoms with Gasteiger partial charge in [-0.05, 0) is 23.6 Å². The Morgan fingerprint density at radius 3 is 2.69 bits per heavy atom. The van der Waals surface area contributed by atoms with Crippen molar-refractivity contribution in [1.29, 1.82) is 0 Å². The molecule has 1 aromatic carbocycles. The lowest BCUT2D eigenvalue weighted by Crippen LogP contribution is -2.34. The second-order valence-corrected chi connectivity index (χ2v) is 4.99. The minimum absolute atomic E-state index is 0.647. The zero-order valence-corrected chi connectivity index (χ0v) is 11.1. The lowest BCUT2D eigenvalue weighted by molar-refractivity contribution is -0.0682. The number of aliphatic hydroxyl groups is 1. The van der Waals surface area contributed by atoms with Gasteiger partial charge in [-0.3, -0.25) is 0 Å². The highest BCUT2D eigenvalue weighted by Gasteiger charge is 2.32. The summed E-state index contributed by atoms with van der Waals surface area (Å²) in [7, 11) is 0. The van der Waals surface area contributed by atoms with Gasteiger partial charge in [-0.15, -0.1) is 0 Å². The molecule has 16 heavy (non-hydrogen) atoms. The molecule has 1 N–H and O–H groups in total. The third-order valence-corrected chi connectivity index (χ3v) is 3.93. The molecule has 0 radical (unpaired) electrons. The molecule has 1 aliphatic rings. The van der Waals surface area contributed by atoms with Crippen LogP contribution < -0.4 is 0 Å². The smallest absolute Gasteiger partial charge is 0.0943 e. The van der Waals surface area contributed by atoms with E-state index in [2.05, 4.69) is 41.1 Å². The van der Waals surface area contributed by atoms with Crippen LogP contribution in [0.25, 0.3) is 0 Å². The van der Waals surface area contributed by atoms with Gasteiger partial charge < -0.3 is 9.84 Å². The number of aryl methyl sites for hydroxylation is 1. The molecule has 3 heteroatoms. The fourth-order valence-electron chi connectivity index (χ4n) is 2.23. The molecule has 0 atom stereocenters. The van der Waals surface area contributed by atoms with Gasteiger partial charge in [0, 0.05) is 31.4 Å². The SMILES string of the molecule is Cc1ccc(CBr)cc1C1(O)CCOCC1. The van der Waals surface area contributed by atoms with Crippen molar-refractivity contribution in [2.24, 2.45) is 0 Å². The van der Waals surface area contributed by atoms with Crippen molar-refractivity contribution in [3.05, 3.63) is 34.9 Å². The summed E-state index contributed by atoms with van der Waals surface area (Å²) < 4.78 is 5.31. The van der Waals surface area contributed by atoms with E-state index < -0.39 is 5.60 Å². The largest absolute Gasteiger partial charge is 0.385 e. The Balaban J connectivity index is 2.37. The standard InChI is InChI=1S/C13H17BrO2/c1-10-2-3-11(9-14)8-12(10)13(15)4-6-16-7-5-13/h2-3,8,15H,4-7,9H2,1H3. The van der Waals surface area contributed by atoms with Crippen LogP contribution in [0.15, 0.2) is 18.2 Å². The fourth-order valence-corrected chi connectivity index (χ4v) is 2.58. The normalized spacial score (nSPS) is 19.7. The first-order chi connectivity index (χ1) is 7.65. The highest BCUT2D eigenvalue weighted by Crippen LogP contribution is 2.34. The molecule has 2 rings (SSSR count). The summed E-state index contributed by atoms with van der Waals surface area (Å²) in [4.78, 5) is 0. The van der Waals surface area contributed by atoms with Gasteiger partial charge in [0.1, 0.15) is 0 Å². The van der Waals surface area contributed by atoms with E-state index in [0.29, 0.717) is 26.1 Å². The molecular formula is C13H17BrO2. The Bertz CT molecular complexity index is 370. The van der Waals surface area contributed by atoms with E-state index in [0.717, 1.165) is 16.5 Å². The summed E-state index contributed by atoms with van der Waals surface area (Å²) in [6.07, 6.45) is 1.39. The quantitative estimate of drug-likeness (QED) is 0.847. The van der Waals surface area contributed by atoms with Crippen LogP contribution in [0.2, 0.25) is 0 Å². The predicted molar refractivity (Wildman–Crippen MR) is 67.8 cm³/mol. The number of hydrogen-bond donors (Lipinski definition) is 1. The molecule has 1 fully saturated rings. The lowest BCUT2D eigenvalue weighted by Gasteiger charge is -2.34. The van der Waals surface area contributed by atoms with E-state index in [4.69, 9.17) is 4.74 Å². The van der Waals surface area contributed by atoms with Crippen molar-refractivity contribution < 1.29 is 9.84 Å². The molecule has 1 saturated heterocycles. The molecule has 1 heterocycles. The first-order valence-corrected chi connectivity index (χ1v) is 6.74. The van der Waals surface area contributed by atoms with Crippen LogP contribution in [0.5, 0.6) is 0 Å². The molecule has 0 aliphatic carbocycles. The number of alkyl halides is 1. The first kappa shape index (κ1) is 12.1. The van der Waals surface area contributed by atoms with Gasteiger partial charge in [0.25, 0.3) is 0 Å². The van der Waals surface area contributed by atoms with Crippen LogP contribution >= 0.6 is 15.9 Å². The molecule has 2 nitrogen and oxygen atoms in total. The summed E-state index contributed by atoms with van der Waals surface area (Å²) >= 11 is 3.45. The Morgan fingerprint density at radius 1 is 1.38 bits per heavy atom. The number of benzene rings is 1. The van der Waals surface area contributed by atoms with Gasteiger partial charge in [0.2, 0.25) is 0 Å². The van der Waals surface area contributed by atoms with Crippen LogP contribution in [-0.4, -0.2) is 18.3 Å². The summed E-state index contributed by atoms with van der Waals surface area (Å²) in [5.41, 5.74) is 2.74. The molecular weight excluding hydrogens is 268 g/mol. The zero-order valence-electron chi connectivity index (χ0n) is 9.50. The maximum absolute atomic E-state index is 10.6. The third-order valence-electron chi connectivity index (χ3n) is 3.28. The Kier molecular flexibility index (Phi) is 3.67. The van der Waals surface area contributed by atoms with Gasteiger partial charge in [-0.1, -0.05) is 34.1 Å². The topological polar surface area (TPSA) is 29.5 Å². The van der Waals surface area contributed by atoms with Gasteiger partial charge in [0.05, 0.1) is 5.60 Å². The minimum atomic E-state index is -0.694. The number of ether oxygens (including phenoxy) is 1. The molecule has 0 aromatic heterocycles. The van der Waals surface area contributed by atoms with Crippen molar-refractivity contribution in [3.63, 3.8) is 0 Å². The molecule has 1 aromatic rings. The second kappa shape index (κ2) is 4.86. The second-order valence-electron chi connectivity index (χ2n) is 4.43. The monoisotopic (exact) mass is 284 g/mol. The van der Waals surface area contributed by atoms with Crippen LogP contribution in [0.4, 0.5) is 0 Å². The molecule has 0 unspecified atom stereocenters. The van der Waals surface area contributed by atoms with Crippen LogP contribution in [-0.2, 0) is 15.7 Å². The highest BCUT2D eigenvalue weighted by atomic mass is 79.9. The van der Waals surface area contributed by atoms with E-state index in [-0.39, 0.29) is 0 Å². The summed E-state index contributed by atoms with van der Waals surface area (Å²) in [5, 5.41) is 11.5. The number of halogens is 1. The highest BCUT2D eigenvalue weighted by molar-refractivity contribution is 9.08. The molecule has 0 amide bonds. The van der Waals surface area contributed by atoms with Crippen molar-refractivity contribution in [2.75, 3.05) is 13.2 Å². The van der Waals surface area contributed by atoms with Crippen LogP contribution in [0.1, 0.15) is 29.5 Å². The van der Waals surface area contributed by atoms with Crippen molar-refractivity contribution in [1.82, 2.24) is 0 Å². The third kappa shape index (κ3) is 2.31. The summed E-state index contributed by atoms with van der Waals surface area (Å²) in [6.45, 7) is 3.35. The van der Waals surface area contributed by atoms with E-state index in [1.165, 1.54) is 5.56 Å². The maximum Gasteiger partial charge on any atom is 0.0943 e. The fraction of sp³-hybridized carbons (Fsp3) is 0.538. The molecule has 0 bridgehead atoms. The van der Waals surface area contributed by atoms with Crippen molar-refractivity contribution >= 4 is 15.9 Å². The average Bonchev–Trinajstić information content (AvgIpc) is 2.30. The molecule has 1 aliphatic heterocycles. The van der Waals surface area contributed by atoms with Gasteiger partial charge in [0.15, 0.2) is 0 Å². The number of rotatable bonds is 2. The molecule has 0 spiro atoms. The zero-order chi connectivity index (χ0) is 11.6. The predicted octanol–water partition coefficient (Wildman–Crippen LogP) is 2.89. The van der Waals surface area contributed by atoms with Crippen molar-refractivity contribution in [3.8, 4) is 0 Å². The van der Waals surface area contributed by atoms with E-state index in [9.17, 15) is 5.11 Å². The first-order valence-electron chi connectivity index (χ1n) is 5.62. The Hall–Kier alpha value is -0.380. The van der Waals surface area contributed by atoms with E-state index in [1.54, 1.807) is 0 Å². The number of hydrogen-bond acceptors (Lipinski definition) is 2. The lowest BCUT2D eigenvalue weighted by atomic mass is 9.83. The summed E-state index contributed by atoms with van der Waals surface area (Å²) in [5.74, 6) is 0. The minimum Gasteiger partial charge on any atom is -0.385 e. The van der Waals surface area contributed by atoms with Gasteiger partial charge in [-0.25, -0.2) is 0 Å². The van der Waals surface area contributed by atoms with E-state index in [1.807, 2.05) is 0 Å². The van der Waals surface area contributed by atoms with Gasteiger partial charge in [-0.2, -0.15) is 0 Å². The van der Waals surface area contributed by atoms with E-state index >= 15 is 0 Å².